The van der Waals surface area contributed by atoms with Gasteiger partial charge in [0.15, 0.2) is 5.82 Å². The van der Waals surface area contributed by atoms with E-state index in [9.17, 15) is 9.18 Å². The van der Waals surface area contributed by atoms with Crippen LogP contribution in [0.2, 0.25) is 5.02 Å². The van der Waals surface area contributed by atoms with Crippen LogP contribution in [0.15, 0.2) is 18.2 Å². The minimum absolute atomic E-state index is 0.0251. The first-order chi connectivity index (χ1) is 8.65. The fraction of sp³-hybridized carbons (Fsp3) is 0.462. The summed E-state index contributed by atoms with van der Waals surface area (Å²) in [6, 6.07) is 4.50. The van der Waals surface area contributed by atoms with Crippen molar-refractivity contribution in [2.24, 2.45) is 0 Å². The zero-order chi connectivity index (χ0) is 13.1. The molecule has 3 nitrogen and oxygen atoms in total. The van der Waals surface area contributed by atoms with Crippen molar-refractivity contribution in [1.29, 1.82) is 0 Å². The Hall–Kier alpha value is -1.13. The SMILES string of the molecule is O=C(c1cccc(Cl)c1F)N(CCO)C1CCC1. The Bertz CT molecular complexity index is 449. The van der Waals surface area contributed by atoms with E-state index in [1.807, 2.05) is 0 Å². The third-order valence-corrected chi connectivity index (χ3v) is 3.59. The lowest BCUT2D eigenvalue weighted by atomic mass is 9.91. The van der Waals surface area contributed by atoms with Crippen LogP contribution in [0.25, 0.3) is 0 Å². The first-order valence-corrected chi connectivity index (χ1v) is 6.38. The van der Waals surface area contributed by atoms with Gasteiger partial charge in [-0.05, 0) is 31.4 Å². The number of carbonyl (C=O) groups is 1. The molecular weight excluding hydrogens is 257 g/mol. The fourth-order valence-electron chi connectivity index (χ4n) is 2.08. The van der Waals surface area contributed by atoms with E-state index in [1.165, 1.54) is 17.0 Å². The number of aliphatic hydroxyl groups excluding tert-OH is 1. The Morgan fingerprint density at radius 2 is 2.22 bits per heavy atom. The molecule has 98 valence electrons. The molecule has 0 bridgehead atoms. The van der Waals surface area contributed by atoms with Crippen LogP contribution in [0.3, 0.4) is 0 Å². The molecule has 1 saturated carbocycles. The van der Waals surface area contributed by atoms with Gasteiger partial charge in [-0.25, -0.2) is 4.39 Å². The summed E-state index contributed by atoms with van der Waals surface area (Å²) in [5, 5.41) is 8.95. The lowest BCUT2D eigenvalue weighted by molar-refractivity contribution is 0.0521. The number of halogens is 2. The first kappa shape index (κ1) is 13.3. The molecule has 0 saturated heterocycles. The average Bonchev–Trinajstić information content (AvgIpc) is 2.29. The molecule has 0 heterocycles. The first-order valence-electron chi connectivity index (χ1n) is 6.01. The molecule has 0 unspecified atom stereocenters. The van der Waals surface area contributed by atoms with Crippen LogP contribution in [0.5, 0.6) is 0 Å². The normalized spacial score (nSPS) is 15.3. The third-order valence-electron chi connectivity index (χ3n) is 3.30. The molecule has 1 N–H and O–H groups in total. The minimum Gasteiger partial charge on any atom is -0.395 e. The van der Waals surface area contributed by atoms with E-state index in [1.54, 1.807) is 6.07 Å². The maximum atomic E-state index is 13.8. The number of rotatable bonds is 4. The van der Waals surface area contributed by atoms with E-state index in [2.05, 4.69) is 0 Å². The largest absolute Gasteiger partial charge is 0.395 e. The van der Waals surface area contributed by atoms with Gasteiger partial charge in [-0.2, -0.15) is 0 Å². The Morgan fingerprint density at radius 3 is 2.78 bits per heavy atom. The Balaban J connectivity index is 2.24. The van der Waals surface area contributed by atoms with Gasteiger partial charge in [-0.15, -0.1) is 0 Å². The lowest BCUT2D eigenvalue weighted by Crippen LogP contribution is -2.45. The second-order valence-electron chi connectivity index (χ2n) is 4.41. The predicted octanol–water partition coefficient (Wildman–Crippen LogP) is 2.47. The minimum atomic E-state index is -0.688. The molecular formula is C13H15ClFNO2. The number of nitrogens with zero attached hydrogens (tertiary/aromatic N) is 1. The zero-order valence-corrected chi connectivity index (χ0v) is 10.7. The molecule has 0 aromatic heterocycles. The third kappa shape index (κ3) is 2.49. The van der Waals surface area contributed by atoms with E-state index in [4.69, 9.17) is 16.7 Å². The number of hydrogen-bond donors (Lipinski definition) is 1. The van der Waals surface area contributed by atoms with Gasteiger partial charge < -0.3 is 10.0 Å². The smallest absolute Gasteiger partial charge is 0.257 e. The number of carbonyl (C=O) groups excluding carboxylic acids is 1. The Morgan fingerprint density at radius 1 is 1.50 bits per heavy atom. The van der Waals surface area contributed by atoms with Crippen molar-refractivity contribution in [2.75, 3.05) is 13.2 Å². The lowest BCUT2D eigenvalue weighted by Gasteiger charge is -2.37. The highest BCUT2D eigenvalue weighted by Gasteiger charge is 2.30. The Labute approximate surface area is 110 Å². The van der Waals surface area contributed by atoms with Gasteiger partial charge in [0.25, 0.3) is 5.91 Å². The van der Waals surface area contributed by atoms with Gasteiger partial charge in [0.05, 0.1) is 17.2 Å². The van der Waals surface area contributed by atoms with Gasteiger partial charge in [0.2, 0.25) is 0 Å². The monoisotopic (exact) mass is 271 g/mol. The number of hydrogen-bond acceptors (Lipinski definition) is 2. The van der Waals surface area contributed by atoms with Crippen molar-refractivity contribution in [3.05, 3.63) is 34.6 Å². The topological polar surface area (TPSA) is 40.5 Å². The van der Waals surface area contributed by atoms with Crippen LogP contribution in [-0.4, -0.2) is 35.1 Å². The summed E-state index contributed by atoms with van der Waals surface area (Å²) in [7, 11) is 0. The molecule has 1 fully saturated rings. The molecule has 1 aliphatic carbocycles. The molecule has 1 aliphatic rings. The van der Waals surface area contributed by atoms with Crippen LogP contribution in [0, 0.1) is 5.82 Å². The molecule has 18 heavy (non-hydrogen) atoms. The van der Waals surface area contributed by atoms with Crippen molar-refractivity contribution in [3.63, 3.8) is 0 Å². The van der Waals surface area contributed by atoms with E-state index in [-0.39, 0.29) is 29.8 Å². The van der Waals surface area contributed by atoms with Gasteiger partial charge in [0, 0.05) is 12.6 Å². The predicted molar refractivity (Wildman–Crippen MR) is 67.2 cm³/mol. The van der Waals surface area contributed by atoms with Gasteiger partial charge in [-0.1, -0.05) is 17.7 Å². The standard InChI is InChI=1S/C13H15ClFNO2/c14-11-6-2-5-10(12(11)15)13(18)16(7-8-17)9-3-1-4-9/h2,5-6,9,17H,1,3-4,7-8H2. The van der Waals surface area contributed by atoms with Crippen LogP contribution >= 0.6 is 11.6 Å². The van der Waals surface area contributed by atoms with Crippen LogP contribution in [0.1, 0.15) is 29.6 Å². The van der Waals surface area contributed by atoms with Crippen molar-refractivity contribution in [3.8, 4) is 0 Å². The van der Waals surface area contributed by atoms with Gasteiger partial charge in [-0.3, -0.25) is 4.79 Å². The fourth-order valence-corrected chi connectivity index (χ4v) is 2.25. The zero-order valence-electron chi connectivity index (χ0n) is 9.90. The summed E-state index contributed by atoms with van der Waals surface area (Å²) in [4.78, 5) is 13.8. The second kappa shape index (κ2) is 5.67. The molecule has 0 aliphatic heterocycles. The van der Waals surface area contributed by atoms with Crippen LogP contribution in [-0.2, 0) is 0 Å². The van der Waals surface area contributed by atoms with E-state index < -0.39 is 11.7 Å². The summed E-state index contributed by atoms with van der Waals surface area (Å²) < 4.78 is 13.8. The summed E-state index contributed by atoms with van der Waals surface area (Å²) in [6.45, 7) is 0.111. The van der Waals surface area contributed by atoms with E-state index in [0.717, 1.165) is 19.3 Å². The number of amides is 1. The maximum Gasteiger partial charge on any atom is 0.257 e. The maximum absolute atomic E-state index is 13.8. The van der Waals surface area contributed by atoms with Gasteiger partial charge in [0.1, 0.15) is 0 Å². The van der Waals surface area contributed by atoms with Crippen molar-refractivity contribution < 1.29 is 14.3 Å². The van der Waals surface area contributed by atoms with Crippen molar-refractivity contribution in [1.82, 2.24) is 4.90 Å². The summed E-state index contributed by atoms with van der Waals surface area (Å²) in [5.74, 6) is -1.08. The van der Waals surface area contributed by atoms with Crippen LogP contribution < -0.4 is 0 Å². The molecule has 0 atom stereocenters. The number of benzene rings is 1. The summed E-state index contributed by atoms with van der Waals surface area (Å²) in [5.41, 5.74) is -0.0251. The van der Waals surface area contributed by atoms with E-state index in [0.29, 0.717) is 0 Å². The van der Waals surface area contributed by atoms with Crippen molar-refractivity contribution in [2.45, 2.75) is 25.3 Å². The van der Waals surface area contributed by atoms with Gasteiger partial charge >= 0.3 is 0 Å². The molecule has 0 radical (unpaired) electrons. The highest BCUT2D eigenvalue weighted by atomic mass is 35.5. The summed E-state index contributed by atoms with van der Waals surface area (Å²) in [6.07, 6.45) is 2.89. The summed E-state index contributed by atoms with van der Waals surface area (Å²) >= 11 is 5.67. The van der Waals surface area contributed by atoms with Crippen molar-refractivity contribution >= 4 is 17.5 Å². The second-order valence-corrected chi connectivity index (χ2v) is 4.82. The molecule has 1 aromatic carbocycles. The molecule has 2 rings (SSSR count). The van der Waals surface area contributed by atoms with E-state index >= 15 is 0 Å². The average molecular weight is 272 g/mol. The molecule has 1 aromatic rings. The van der Waals surface area contributed by atoms with Crippen LogP contribution in [0.4, 0.5) is 4.39 Å². The highest BCUT2D eigenvalue weighted by molar-refractivity contribution is 6.31. The Kier molecular flexibility index (Phi) is 4.19. The quantitative estimate of drug-likeness (QED) is 0.914. The highest BCUT2D eigenvalue weighted by Crippen LogP contribution is 2.27. The molecule has 0 spiro atoms. The molecule has 5 heteroatoms. The number of aliphatic hydroxyl groups is 1. The molecule has 1 amide bonds.